The maximum absolute atomic E-state index is 6.01. The molecule has 1 aliphatic carbocycles. The third-order valence-corrected chi connectivity index (χ3v) is 6.93. The van der Waals surface area contributed by atoms with E-state index >= 15 is 0 Å². The Kier molecular flexibility index (Phi) is 4.23. The molecule has 0 amide bonds. The molecule has 2 aromatic rings. The second-order valence-corrected chi connectivity index (χ2v) is 8.96. The van der Waals surface area contributed by atoms with E-state index in [0.717, 1.165) is 11.4 Å². The van der Waals surface area contributed by atoms with Crippen molar-refractivity contribution in [1.29, 1.82) is 0 Å². The molecule has 0 fully saturated rings. The molecule has 106 valence electrons. The maximum Gasteiger partial charge on any atom is 0.129 e. The SMILES string of the molecule is S=P(Nc1ccccc1)(Nc1ccccc1)C1C=CC=C1. The fourth-order valence-corrected chi connectivity index (χ4v) is 5.41. The first-order valence-corrected chi connectivity index (χ1v) is 9.75. The van der Waals surface area contributed by atoms with Gasteiger partial charge in [0.25, 0.3) is 0 Å². The fourth-order valence-electron chi connectivity index (χ4n) is 2.25. The van der Waals surface area contributed by atoms with Crippen LogP contribution in [0.2, 0.25) is 0 Å². The van der Waals surface area contributed by atoms with E-state index in [1.165, 1.54) is 0 Å². The van der Waals surface area contributed by atoms with Crippen molar-refractivity contribution in [2.24, 2.45) is 0 Å². The van der Waals surface area contributed by atoms with Gasteiger partial charge in [0.2, 0.25) is 0 Å². The molecular formula is C17H17N2PS. The van der Waals surface area contributed by atoms with Gasteiger partial charge in [-0.2, -0.15) is 0 Å². The van der Waals surface area contributed by atoms with Crippen LogP contribution in [-0.2, 0) is 11.8 Å². The molecule has 2 N–H and O–H groups in total. The average Bonchev–Trinajstić information content (AvgIpc) is 3.04. The van der Waals surface area contributed by atoms with Crippen LogP contribution in [0, 0.1) is 0 Å². The van der Waals surface area contributed by atoms with E-state index in [4.69, 9.17) is 11.8 Å². The summed E-state index contributed by atoms with van der Waals surface area (Å²) >= 11 is 6.01. The predicted molar refractivity (Wildman–Crippen MR) is 96.5 cm³/mol. The highest BCUT2D eigenvalue weighted by molar-refractivity contribution is 8.16. The van der Waals surface area contributed by atoms with Crippen molar-refractivity contribution in [3.05, 3.63) is 85.0 Å². The van der Waals surface area contributed by atoms with Gasteiger partial charge in [-0.15, -0.1) is 0 Å². The molecular weight excluding hydrogens is 295 g/mol. The summed E-state index contributed by atoms with van der Waals surface area (Å²) in [6.45, 7) is 0. The van der Waals surface area contributed by atoms with E-state index in [2.05, 4.69) is 58.7 Å². The molecule has 0 saturated heterocycles. The first-order chi connectivity index (χ1) is 10.3. The third-order valence-electron chi connectivity index (χ3n) is 3.29. The van der Waals surface area contributed by atoms with Crippen molar-refractivity contribution in [2.45, 2.75) is 5.66 Å². The summed E-state index contributed by atoms with van der Waals surface area (Å²) in [5, 5.41) is 7.12. The van der Waals surface area contributed by atoms with Crippen LogP contribution >= 0.6 is 6.34 Å². The zero-order chi connectivity index (χ0) is 14.5. The Morgan fingerprint density at radius 3 is 1.57 bits per heavy atom. The smallest absolute Gasteiger partial charge is 0.129 e. The molecule has 2 aromatic carbocycles. The monoisotopic (exact) mass is 312 g/mol. The first kappa shape index (κ1) is 14.1. The molecule has 0 aromatic heterocycles. The van der Waals surface area contributed by atoms with Gasteiger partial charge in [-0.1, -0.05) is 72.5 Å². The van der Waals surface area contributed by atoms with Crippen molar-refractivity contribution in [1.82, 2.24) is 0 Å². The van der Waals surface area contributed by atoms with Crippen molar-refractivity contribution in [2.75, 3.05) is 10.2 Å². The zero-order valence-electron chi connectivity index (χ0n) is 11.5. The number of anilines is 2. The van der Waals surface area contributed by atoms with Crippen LogP contribution < -0.4 is 10.2 Å². The van der Waals surface area contributed by atoms with E-state index in [0.29, 0.717) is 0 Å². The molecule has 1 aliphatic rings. The maximum atomic E-state index is 6.01. The topological polar surface area (TPSA) is 24.1 Å². The Morgan fingerprint density at radius 2 is 1.14 bits per heavy atom. The highest BCUT2D eigenvalue weighted by atomic mass is 32.4. The van der Waals surface area contributed by atoms with Gasteiger partial charge in [0.1, 0.15) is 6.34 Å². The van der Waals surface area contributed by atoms with Gasteiger partial charge in [0.15, 0.2) is 0 Å². The van der Waals surface area contributed by atoms with E-state index in [9.17, 15) is 0 Å². The minimum Gasteiger partial charge on any atom is -0.342 e. The Morgan fingerprint density at radius 1 is 0.714 bits per heavy atom. The van der Waals surface area contributed by atoms with Crippen LogP contribution in [0.25, 0.3) is 0 Å². The lowest BCUT2D eigenvalue weighted by atomic mass is 10.3. The number of hydrogen-bond donors (Lipinski definition) is 2. The Balaban J connectivity index is 1.89. The molecule has 0 atom stereocenters. The molecule has 0 bridgehead atoms. The predicted octanol–water partition coefficient (Wildman–Crippen LogP) is 5.01. The summed E-state index contributed by atoms with van der Waals surface area (Å²) in [6, 6.07) is 20.3. The van der Waals surface area contributed by atoms with Crippen LogP contribution in [0.3, 0.4) is 0 Å². The summed E-state index contributed by atoms with van der Waals surface area (Å²) < 4.78 is 0. The first-order valence-electron chi connectivity index (χ1n) is 6.88. The number of nitrogens with one attached hydrogen (secondary N) is 2. The summed E-state index contributed by atoms with van der Waals surface area (Å²) in [5.74, 6) is 0. The highest BCUT2D eigenvalue weighted by Crippen LogP contribution is 2.52. The van der Waals surface area contributed by atoms with Gasteiger partial charge in [0, 0.05) is 11.4 Å². The summed E-state index contributed by atoms with van der Waals surface area (Å²) in [7, 11) is 0. The summed E-state index contributed by atoms with van der Waals surface area (Å²) in [6.07, 6.45) is 6.39. The Labute approximate surface area is 130 Å². The minimum absolute atomic E-state index is 0.216. The molecule has 2 nitrogen and oxygen atoms in total. The summed E-state index contributed by atoms with van der Waals surface area (Å²) in [4.78, 5) is 0. The van der Waals surface area contributed by atoms with E-state index in [-0.39, 0.29) is 5.66 Å². The lowest BCUT2D eigenvalue weighted by molar-refractivity contribution is 1.41. The second kappa shape index (κ2) is 6.30. The van der Waals surface area contributed by atoms with Crippen LogP contribution in [0.4, 0.5) is 11.4 Å². The molecule has 0 radical (unpaired) electrons. The van der Waals surface area contributed by atoms with Gasteiger partial charge >= 0.3 is 0 Å². The van der Waals surface area contributed by atoms with Crippen molar-refractivity contribution in [3.63, 3.8) is 0 Å². The third kappa shape index (κ3) is 3.44. The average molecular weight is 312 g/mol. The van der Waals surface area contributed by atoms with E-state index in [1.54, 1.807) is 0 Å². The van der Waals surface area contributed by atoms with Crippen molar-refractivity contribution < 1.29 is 0 Å². The van der Waals surface area contributed by atoms with Gasteiger partial charge in [-0.05, 0) is 24.3 Å². The van der Waals surface area contributed by atoms with Crippen molar-refractivity contribution in [3.8, 4) is 0 Å². The minimum atomic E-state index is -2.05. The molecule has 3 rings (SSSR count). The molecule has 0 spiro atoms. The summed E-state index contributed by atoms with van der Waals surface area (Å²) in [5.41, 5.74) is 2.32. The highest BCUT2D eigenvalue weighted by Gasteiger charge is 2.26. The Hall–Kier alpha value is -1.83. The van der Waals surface area contributed by atoms with E-state index in [1.807, 2.05) is 36.4 Å². The number of para-hydroxylation sites is 2. The van der Waals surface area contributed by atoms with Gasteiger partial charge in [0.05, 0.1) is 5.66 Å². The molecule has 0 heterocycles. The van der Waals surface area contributed by atoms with Crippen LogP contribution in [0.15, 0.2) is 85.0 Å². The number of benzene rings is 2. The standard InChI is InChI=1S/C17H17N2PS/c21-20(17-13-7-8-14-17,18-15-9-3-1-4-10-15)19-16-11-5-2-6-12-16/h1-14,17H,(H2,18,19,21). The van der Waals surface area contributed by atoms with Crippen LogP contribution in [-0.4, -0.2) is 5.66 Å². The molecule has 21 heavy (non-hydrogen) atoms. The van der Waals surface area contributed by atoms with Crippen LogP contribution in [0.1, 0.15) is 0 Å². The molecule has 4 heteroatoms. The lowest BCUT2D eigenvalue weighted by Gasteiger charge is -2.30. The van der Waals surface area contributed by atoms with E-state index < -0.39 is 6.34 Å². The van der Waals surface area contributed by atoms with Gasteiger partial charge in [-0.25, -0.2) is 0 Å². The number of hydrogen-bond acceptors (Lipinski definition) is 1. The zero-order valence-corrected chi connectivity index (χ0v) is 13.2. The Bertz CT molecular complexity index is 638. The van der Waals surface area contributed by atoms with Crippen molar-refractivity contribution >= 4 is 29.5 Å². The molecule has 0 unspecified atom stereocenters. The molecule has 0 saturated carbocycles. The molecule has 0 aliphatic heterocycles. The largest absolute Gasteiger partial charge is 0.342 e. The second-order valence-electron chi connectivity index (χ2n) is 4.87. The fraction of sp³-hybridized carbons (Fsp3) is 0.0588. The van der Waals surface area contributed by atoms with Gasteiger partial charge < -0.3 is 10.2 Å². The lowest BCUT2D eigenvalue weighted by Crippen LogP contribution is -2.15. The number of rotatable bonds is 5. The normalized spacial score (nSPS) is 14.3. The van der Waals surface area contributed by atoms with Gasteiger partial charge in [-0.3, -0.25) is 0 Å². The number of allylic oxidation sites excluding steroid dienone is 4. The van der Waals surface area contributed by atoms with Crippen LogP contribution in [0.5, 0.6) is 0 Å². The quantitative estimate of drug-likeness (QED) is 0.759.